The van der Waals surface area contributed by atoms with Gasteiger partial charge in [-0.25, -0.2) is 4.79 Å². The maximum atomic E-state index is 12.9. The van der Waals surface area contributed by atoms with Crippen LogP contribution in [0.5, 0.6) is 5.75 Å². The van der Waals surface area contributed by atoms with Gasteiger partial charge >= 0.3 is 23.9 Å². The van der Waals surface area contributed by atoms with Crippen LogP contribution in [0, 0.1) is 23.7 Å². The number of rotatable bonds is 87. The Morgan fingerprint density at radius 2 is 0.619 bits per heavy atom. The molecule has 686 valence electrons. The van der Waals surface area contributed by atoms with Crippen molar-refractivity contribution in [1.29, 1.82) is 0 Å². The van der Waals surface area contributed by atoms with Gasteiger partial charge < -0.3 is 39.4 Å². The minimum Gasteiger partial charge on any atom is -0.490 e. The first kappa shape index (κ1) is 111. The molecule has 0 heterocycles. The Balaban J connectivity index is 2.50. The van der Waals surface area contributed by atoms with Crippen LogP contribution in [0.4, 0.5) is 0 Å². The molecule has 118 heavy (non-hydrogen) atoms. The van der Waals surface area contributed by atoms with Crippen molar-refractivity contribution in [3.05, 3.63) is 42.5 Å². The first-order valence-electron chi connectivity index (χ1n) is 49.9. The van der Waals surface area contributed by atoms with Gasteiger partial charge in [0.15, 0.2) is 5.78 Å². The van der Waals surface area contributed by atoms with E-state index in [1.54, 1.807) is 24.3 Å². The Hall–Kier alpha value is -4.79. The van der Waals surface area contributed by atoms with Crippen molar-refractivity contribution in [1.82, 2.24) is 10.6 Å². The summed E-state index contributed by atoms with van der Waals surface area (Å²) < 4.78 is 27.8. The number of carbonyl (C=O) groups is 7. The lowest BCUT2D eigenvalue weighted by Gasteiger charge is -2.28. The van der Waals surface area contributed by atoms with Crippen LogP contribution in [0.15, 0.2) is 36.9 Å². The highest BCUT2D eigenvalue weighted by Crippen LogP contribution is 2.37. The van der Waals surface area contributed by atoms with Gasteiger partial charge in [-0.2, -0.15) is 0 Å². The van der Waals surface area contributed by atoms with Crippen molar-refractivity contribution in [2.45, 2.75) is 510 Å². The van der Waals surface area contributed by atoms with Gasteiger partial charge in [0.2, 0.25) is 11.8 Å². The van der Waals surface area contributed by atoms with Gasteiger partial charge in [0, 0.05) is 63.3 Å². The normalized spacial score (nSPS) is 12.9. The van der Waals surface area contributed by atoms with Crippen molar-refractivity contribution < 1.29 is 62.4 Å². The number of Topliss-reactive ketones (excluding diaryl/α,β-unsaturated/α-hetero) is 1. The van der Waals surface area contributed by atoms with E-state index >= 15 is 0 Å². The van der Waals surface area contributed by atoms with Crippen molar-refractivity contribution in [3.63, 3.8) is 0 Å². The zero-order chi connectivity index (χ0) is 86.7. The molecule has 3 N–H and O–H groups in total. The number of carbonyl (C=O) groups excluding carboxylic acids is 7. The highest BCUT2D eigenvalue weighted by molar-refractivity contribution is 6.01. The summed E-state index contributed by atoms with van der Waals surface area (Å²) in [5.41, 5.74) is -2.28. The minimum absolute atomic E-state index is 0.0959. The lowest BCUT2D eigenvalue weighted by atomic mass is 9.78. The van der Waals surface area contributed by atoms with Gasteiger partial charge in [-0.15, -0.1) is 0 Å². The number of hydrogen-bond acceptors (Lipinski definition) is 13. The summed E-state index contributed by atoms with van der Waals surface area (Å²) in [6.45, 7) is 24.7. The third-order valence-corrected chi connectivity index (χ3v) is 24.5. The highest BCUT2D eigenvalue weighted by atomic mass is 16.6. The van der Waals surface area contributed by atoms with Gasteiger partial charge in [0.25, 0.3) is 0 Å². The summed E-state index contributed by atoms with van der Waals surface area (Å²) in [5, 5.41) is 16.1. The fourth-order valence-corrected chi connectivity index (χ4v) is 17.1. The van der Waals surface area contributed by atoms with Crippen molar-refractivity contribution >= 4 is 41.5 Å². The molecule has 15 heteroatoms. The number of hydrogen-bond donors (Lipinski definition) is 3. The second kappa shape index (κ2) is 75.9. The lowest BCUT2D eigenvalue weighted by Crippen LogP contribution is -2.34. The minimum atomic E-state index is -1.43. The molecule has 0 aromatic heterocycles. The average molecular weight is 1660 g/mol. The number of benzene rings is 1. The van der Waals surface area contributed by atoms with Crippen LogP contribution in [0.2, 0.25) is 0 Å². The number of unbranched alkanes of at least 4 members (excludes halogenated alkanes) is 42. The third-order valence-electron chi connectivity index (χ3n) is 24.5. The zero-order valence-corrected chi connectivity index (χ0v) is 78.5. The van der Waals surface area contributed by atoms with Crippen molar-refractivity contribution in [2.75, 3.05) is 32.9 Å². The van der Waals surface area contributed by atoms with Gasteiger partial charge in [0.1, 0.15) is 35.8 Å². The van der Waals surface area contributed by atoms with E-state index in [4.69, 9.17) is 23.7 Å². The van der Waals surface area contributed by atoms with Crippen LogP contribution in [0.25, 0.3) is 0 Å². The van der Waals surface area contributed by atoms with Crippen LogP contribution < -0.4 is 15.4 Å². The molecule has 0 saturated heterocycles. The van der Waals surface area contributed by atoms with Gasteiger partial charge in [-0.05, 0) is 134 Å². The summed E-state index contributed by atoms with van der Waals surface area (Å²) in [4.78, 5) is 87.2. The molecule has 0 aliphatic carbocycles. The van der Waals surface area contributed by atoms with E-state index in [-0.39, 0.29) is 55.3 Å². The molecule has 0 radical (unpaired) electrons. The van der Waals surface area contributed by atoms with E-state index in [1.807, 2.05) is 27.7 Å². The quantitative estimate of drug-likeness (QED) is 0.0182. The SMILES string of the molecule is C=CC(=O)OCCC(C)(C)OC(=O)CCCCCC(C)(C)OC(=O)CCCCCCCCC(CCCCCCCC)C(CCCCCCCC)CCCCCCCCC(=O)NCCNC(=O)CCCCCCCCC(CCCCCCCC)C(CCCCCCCC)CCCCCCCCC(=O)OCCOc1ccc(C(=O)C(C)(C)O)cc1. The molecule has 2 amide bonds. The molecule has 4 atom stereocenters. The van der Waals surface area contributed by atoms with E-state index in [0.717, 1.165) is 113 Å². The summed E-state index contributed by atoms with van der Waals surface area (Å²) >= 11 is 0. The molecule has 0 fully saturated rings. The van der Waals surface area contributed by atoms with Crippen LogP contribution in [0.3, 0.4) is 0 Å². The Labute approximate surface area is 725 Å². The Morgan fingerprint density at radius 3 is 0.932 bits per heavy atom. The summed E-state index contributed by atoms with van der Waals surface area (Å²) in [5.74, 6) is 2.65. The third kappa shape index (κ3) is 67.7. The van der Waals surface area contributed by atoms with E-state index < -0.39 is 22.8 Å². The first-order chi connectivity index (χ1) is 57.0. The zero-order valence-electron chi connectivity index (χ0n) is 78.5. The van der Waals surface area contributed by atoms with Crippen LogP contribution >= 0.6 is 0 Å². The summed E-state index contributed by atoms with van der Waals surface area (Å²) in [6, 6.07) is 6.66. The number of ether oxygens (including phenoxy) is 5. The van der Waals surface area contributed by atoms with E-state index in [0.29, 0.717) is 69.3 Å². The fourth-order valence-electron chi connectivity index (χ4n) is 17.1. The Morgan fingerprint density at radius 1 is 0.339 bits per heavy atom. The molecule has 1 aromatic carbocycles. The standard InChI is InChI=1S/C103H186N2O13/c1-12-17-21-25-37-50-64-88(90(66-52-39-27-23-19-14-3)70-56-43-31-35-47-60-74-97(109)116-87-86-114-93-79-77-92(78-80-93)100(112)103(10,11)113)68-54-41-29-33-45-58-72-94(106)104-83-84-105-95(107)73-59-46-34-30-42-55-69-89(65-51-38-26-22-18-13-2)91(67-53-40-28-24-20-15-4)71-57-44-32-36-48-61-75-98(110)117-101(6,7)81-63-49-62-76-99(111)118-102(8,9)82-85-115-96(108)16-5/h16,77-80,88-91,113H,5,12-15,17-76,81-87H2,1-4,6-11H3,(H,104,106)(H,105,107). The number of aliphatic hydroxyl groups is 1. The Kier molecular flexibility index (Phi) is 71.5. The molecule has 0 aliphatic rings. The van der Waals surface area contributed by atoms with Crippen molar-refractivity contribution in [3.8, 4) is 5.75 Å². The molecule has 0 aliphatic heterocycles. The predicted octanol–water partition coefficient (Wildman–Crippen LogP) is 28.5. The molecule has 15 nitrogen and oxygen atoms in total. The maximum Gasteiger partial charge on any atom is 0.330 e. The second-order valence-corrected chi connectivity index (χ2v) is 37.2. The van der Waals surface area contributed by atoms with E-state index in [1.165, 1.54) is 309 Å². The van der Waals surface area contributed by atoms with Crippen molar-refractivity contribution in [2.24, 2.45) is 23.7 Å². The van der Waals surface area contributed by atoms with E-state index in [9.17, 15) is 38.7 Å². The first-order valence-corrected chi connectivity index (χ1v) is 49.9. The maximum absolute atomic E-state index is 12.9. The molecule has 1 rings (SSSR count). The fraction of sp³-hybridized carbons (Fsp3) is 0.854. The molecule has 1 aromatic rings. The van der Waals surface area contributed by atoms with Gasteiger partial charge in [-0.3, -0.25) is 28.8 Å². The predicted molar refractivity (Wildman–Crippen MR) is 492 cm³/mol. The van der Waals surface area contributed by atoms with Crippen LogP contribution in [0.1, 0.15) is 503 Å². The molecular weight excluding hydrogens is 1470 g/mol. The highest BCUT2D eigenvalue weighted by Gasteiger charge is 2.28. The molecule has 4 unspecified atom stereocenters. The average Bonchev–Trinajstić information content (AvgIpc) is 0.856. The summed E-state index contributed by atoms with van der Waals surface area (Å²) in [7, 11) is 0. The number of ketones is 1. The number of nitrogens with one attached hydrogen (secondary N) is 2. The number of esters is 4. The van der Waals surface area contributed by atoms with Gasteiger partial charge in [-0.1, -0.05) is 375 Å². The largest absolute Gasteiger partial charge is 0.490 e. The lowest BCUT2D eigenvalue weighted by molar-refractivity contribution is -0.159. The summed E-state index contributed by atoms with van der Waals surface area (Å²) in [6.07, 6.45) is 78.2. The van der Waals surface area contributed by atoms with Crippen LogP contribution in [-0.2, 0) is 47.7 Å². The number of amides is 2. The van der Waals surface area contributed by atoms with E-state index in [2.05, 4.69) is 44.9 Å². The molecule has 0 bridgehead atoms. The smallest absolute Gasteiger partial charge is 0.330 e. The second-order valence-electron chi connectivity index (χ2n) is 37.2. The molecule has 0 saturated carbocycles. The molecular formula is C103H186N2O13. The topological polar surface area (TPSA) is 210 Å². The van der Waals surface area contributed by atoms with Gasteiger partial charge in [0.05, 0.1) is 6.61 Å². The Bertz CT molecular complexity index is 2600. The molecule has 0 spiro atoms. The monoisotopic (exact) mass is 1660 g/mol. The van der Waals surface area contributed by atoms with Crippen LogP contribution in [-0.4, -0.2) is 96.3 Å².